The van der Waals surface area contributed by atoms with Crippen LogP contribution >= 0.6 is 0 Å². The molecular formula is C17H18O5S2. The molecule has 0 saturated carbocycles. The summed E-state index contributed by atoms with van der Waals surface area (Å²) in [6.07, 6.45) is 2.22. The highest BCUT2D eigenvalue weighted by atomic mass is 32.2. The van der Waals surface area contributed by atoms with E-state index in [2.05, 4.69) is 0 Å². The summed E-state index contributed by atoms with van der Waals surface area (Å²) in [7, 11) is -6.68. The molecule has 0 aliphatic heterocycles. The highest BCUT2D eigenvalue weighted by Crippen LogP contribution is 2.22. The monoisotopic (exact) mass is 366 g/mol. The van der Waals surface area contributed by atoms with Gasteiger partial charge in [0.2, 0.25) is 0 Å². The van der Waals surface area contributed by atoms with Crippen molar-refractivity contribution in [1.29, 1.82) is 0 Å². The molecule has 128 valence electrons. The van der Waals surface area contributed by atoms with Crippen molar-refractivity contribution in [1.82, 2.24) is 0 Å². The lowest BCUT2D eigenvalue weighted by molar-refractivity contribution is 0.103. The normalized spacial score (nSPS) is 12.2. The zero-order chi connectivity index (χ0) is 18.3. The summed E-state index contributed by atoms with van der Waals surface area (Å²) in [5, 5.41) is 0. The van der Waals surface area contributed by atoms with E-state index in [1.165, 1.54) is 36.4 Å². The predicted molar refractivity (Wildman–Crippen MR) is 92.0 cm³/mol. The van der Waals surface area contributed by atoms with Crippen molar-refractivity contribution in [2.75, 3.05) is 12.5 Å². The fraction of sp³-hybridized carbons (Fsp3) is 0.235. The van der Waals surface area contributed by atoms with Crippen LogP contribution in [-0.2, 0) is 19.7 Å². The van der Waals surface area contributed by atoms with Gasteiger partial charge in [0.1, 0.15) is 0 Å². The summed E-state index contributed by atoms with van der Waals surface area (Å²) >= 11 is 0. The first kappa shape index (κ1) is 18.4. The maximum atomic E-state index is 12.7. The Balaban J connectivity index is 2.50. The third-order valence-corrected chi connectivity index (χ3v) is 5.96. The molecule has 0 N–H and O–H groups in total. The first-order valence-electron chi connectivity index (χ1n) is 7.07. The Morgan fingerprint density at radius 3 is 1.29 bits per heavy atom. The van der Waals surface area contributed by atoms with Gasteiger partial charge in [-0.25, -0.2) is 16.8 Å². The van der Waals surface area contributed by atoms with Gasteiger partial charge < -0.3 is 0 Å². The zero-order valence-electron chi connectivity index (χ0n) is 13.8. The van der Waals surface area contributed by atoms with Gasteiger partial charge in [0.15, 0.2) is 25.5 Å². The van der Waals surface area contributed by atoms with E-state index in [4.69, 9.17) is 0 Å². The first-order chi connectivity index (χ1) is 10.9. The minimum Gasteiger partial charge on any atom is -0.289 e. The minimum absolute atomic E-state index is 0.153. The number of benzene rings is 2. The summed E-state index contributed by atoms with van der Waals surface area (Å²) in [5.41, 5.74) is 1.87. The molecule has 0 spiro atoms. The topological polar surface area (TPSA) is 85.3 Å². The third kappa shape index (κ3) is 3.73. The van der Waals surface area contributed by atoms with E-state index in [0.29, 0.717) is 22.3 Å². The first-order valence-corrected chi connectivity index (χ1v) is 10.9. The van der Waals surface area contributed by atoms with Crippen molar-refractivity contribution >= 4 is 25.5 Å². The van der Waals surface area contributed by atoms with Gasteiger partial charge in [0.25, 0.3) is 0 Å². The van der Waals surface area contributed by atoms with Crippen LogP contribution in [0.1, 0.15) is 27.0 Å². The van der Waals surface area contributed by atoms with Crippen LogP contribution < -0.4 is 0 Å². The average molecular weight is 366 g/mol. The number of aryl methyl sites for hydroxylation is 2. The number of hydrogen-bond acceptors (Lipinski definition) is 5. The van der Waals surface area contributed by atoms with Crippen LogP contribution in [0.15, 0.2) is 46.2 Å². The fourth-order valence-electron chi connectivity index (χ4n) is 2.39. The molecule has 2 aromatic carbocycles. The SMILES string of the molecule is Cc1cc(S(C)(=O)=O)ccc1C(=O)c1ccc(S(C)(=O)=O)cc1C. The van der Waals surface area contributed by atoms with Crippen LogP contribution in [0.25, 0.3) is 0 Å². The van der Waals surface area contributed by atoms with E-state index >= 15 is 0 Å². The van der Waals surface area contributed by atoms with E-state index < -0.39 is 19.7 Å². The summed E-state index contributed by atoms with van der Waals surface area (Å²) in [5.74, 6) is -0.273. The van der Waals surface area contributed by atoms with Crippen molar-refractivity contribution in [3.8, 4) is 0 Å². The molecule has 0 atom stereocenters. The quantitative estimate of drug-likeness (QED) is 0.775. The van der Waals surface area contributed by atoms with Gasteiger partial charge in [-0.1, -0.05) is 0 Å². The Labute approximate surface area is 142 Å². The van der Waals surface area contributed by atoms with Gasteiger partial charge in [-0.3, -0.25) is 4.79 Å². The van der Waals surface area contributed by atoms with Crippen molar-refractivity contribution < 1.29 is 21.6 Å². The van der Waals surface area contributed by atoms with Crippen LogP contribution in [0.4, 0.5) is 0 Å². The molecule has 0 heterocycles. The molecule has 7 heteroatoms. The summed E-state index contributed by atoms with van der Waals surface area (Å²) in [6.45, 7) is 3.34. The van der Waals surface area contributed by atoms with E-state index in [9.17, 15) is 21.6 Å². The van der Waals surface area contributed by atoms with Crippen molar-refractivity contribution in [2.45, 2.75) is 23.6 Å². The second kappa shape index (κ2) is 6.14. The summed E-state index contributed by atoms with van der Waals surface area (Å²) in [4.78, 5) is 13.0. The maximum absolute atomic E-state index is 12.7. The van der Waals surface area contributed by atoms with E-state index in [-0.39, 0.29) is 15.6 Å². The third-order valence-electron chi connectivity index (χ3n) is 3.74. The Bertz CT molecular complexity index is 949. The van der Waals surface area contributed by atoms with Crippen LogP contribution in [0.3, 0.4) is 0 Å². The average Bonchev–Trinajstić information content (AvgIpc) is 2.44. The maximum Gasteiger partial charge on any atom is 0.193 e. The van der Waals surface area contributed by atoms with Crippen molar-refractivity contribution in [3.63, 3.8) is 0 Å². The zero-order valence-corrected chi connectivity index (χ0v) is 15.5. The van der Waals surface area contributed by atoms with Gasteiger partial charge in [0, 0.05) is 23.6 Å². The van der Waals surface area contributed by atoms with E-state index in [0.717, 1.165) is 12.5 Å². The standard InChI is InChI=1S/C17H18O5S2/c1-11-9-13(23(3,19)20)5-7-15(11)17(18)16-8-6-14(10-12(16)2)24(4,21)22/h5-10H,1-4H3. The fourth-order valence-corrected chi connectivity index (χ4v) is 3.80. The molecule has 0 aromatic heterocycles. The van der Waals surface area contributed by atoms with Gasteiger partial charge in [-0.15, -0.1) is 0 Å². The minimum atomic E-state index is -3.34. The van der Waals surface area contributed by atoms with E-state index in [1.54, 1.807) is 13.8 Å². The Morgan fingerprint density at radius 1 is 0.708 bits per heavy atom. The largest absolute Gasteiger partial charge is 0.289 e. The molecule has 5 nitrogen and oxygen atoms in total. The molecule has 0 fully saturated rings. The van der Waals surface area contributed by atoms with Crippen LogP contribution in [-0.4, -0.2) is 35.1 Å². The summed E-state index contributed by atoms with van der Waals surface area (Å²) in [6, 6.07) is 8.69. The molecular weight excluding hydrogens is 348 g/mol. The molecule has 0 aliphatic carbocycles. The van der Waals surface area contributed by atoms with Crippen molar-refractivity contribution in [2.24, 2.45) is 0 Å². The number of rotatable bonds is 4. The molecule has 0 amide bonds. The lowest BCUT2D eigenvalue weighted by atomic mass is 9.96. The Hall–Kier alpha value is -1.99. The molecule has 0 aliphatic rings. The number of sulfone groups is 2. The lowest BCUT2D eigenvalue weighted by Gasteiger charge is -2.10. The van der Waals surface area contributed by atoms with Crippen LogP contribution in [0.2, 0.25) is 0 Å². The highest BCUT2D eigenvalue weighted by molar-refractivity contribution is 7.91. The van der Waals surface area contributed by atoms with Gasteiger partial charge in [0.05, 0.1) is 9.79 Å². The van der Waals surface area contributed by atoms with Gasteiger partial charge in [-0.05, 0) is 61.4 Å². The second-order valence-electron chi connectivity index (χ2n) is 5.83. The molecule has 24 heavy (non-hydrogen) atoms. The molecule has 0 radical (unpaired) electrons. The Kier molecular flexibility index (Phi) is 4.70. The smallest absolute Gasteiger partial charge is 0.193 e. The molecule has 2 aromatic rings. The molecule has 0 unspecified atom stereocenters. The highest BCUT2D eigenvalue weighted by Gasteiger charge is 2.18. The van der Waals surface area contributed by atoms with Gasteiger partial charge in [-0.2, -0.15) is 0 Å². The number of ketones is 1. The van der Waals surface area contributed by atoms with Crippen LogP contribution in [0.5, 0.6) is 0 Å². The lowest BCUT2D eigenvalue weighted by Crippen LogP contribution is -2.08. The predicted octanol–water partition coefficient (Wildman–Crippen LogP) is 2.34. The number of carbonyl (C=O) groups is 1. The molecule has 2 rings (SSSR count). The van der Waals surface area contributed by atoms with Crippen molar-refractivity contribution in [3.05, 3.63) is 58.7 Å². The Morgan fingerprint density at radius 2 is 1.04 bits per heavy atom. The van der Waals surface area contributed by atoms with Crippen LogP contribution in [0, 0.1) is 13.8 Å². The molecule has 0 bridgehead atoms. The number of hydrogen-bond donors (Lipinski definition) is 0. The molecule has 0 saturated heterocycles. The number of carbonyl (C=O) groups excluding carboxylic acids is 1. The second-order valence-corrected chi connectivity index (χ2v) is 9.86. The van der Waals surface area contributed by atoms with E-state index in [1.807, 2.05) is 0 Å². The summed E-state index contributed by atoms with van der Waals surface area (Å²) < 4.78 is 46.3. The van der Waals surface area contributed by atoms with Gasteiger partial charge >= 0.3 is 0 Å².